The SMILES string of the molecule is CC(C)(CCNC(=O)OCC1c2ccccc2-c2ccccc21)C(=O)NCC#CC(=O)O. The van der Waals surface area contributed by atoms with E-state index in [0.717, 1.165) is 22.3 Å². The van der Waals surface area contributed by atoms with Crippen molar-refractivity contribution in [1.82, 2.24) is 10.6 Å². The average molecular weight is 434 g/mol. The molecule has 7 heteroatoms. The van der Waals surface area contributed by atoms with E-state index in [2.05, 4.69) is 40.8 Å². The van der Waals surface area contributed by atoms with E-state index in [1.54, 1.807) is 13.8 Å². The highest BCUT2D eigenvalue weighted by Crippen LogP contribution is 2.44. The van der Waals surface area contributed by atoms with Gasteiger partial charge in [-0.1, -0.05) is 68.3 Å². The number of alkyl carbamates (subject to hydrolysis) is 1. The molecule has 0 atom stereocenters. The van der Waals surface area contributed by atoms with Crippen LogP contribution in [0.4, 0.5) is 4.79 Å². The monoisotopic (exact) mass is 434 g/mol. The average Bonchev–Trinajstić information content (AvgIpc) is 3.08. The van der Waals surface area contributed by atoms with Crippen molar-refractivity contribution in [3.63, 3.8) is 0 Å². The van der Waals surface area contributed by atoms with Crippen molar-refractivity contribution in [2.24, 2.45) is 5.41 Å². The van der Waals surface area contributed by atoms with Crippen molar-refractivity contribution in [2.45, 2.75) is 26.2 Å². The van der Waals surface area contributed by atoms with Crippen LogP contribution in [0.25, 0.3) is 11.1 Å². The molecule has 1 aliphatic rings. The summed E-state index contributed by atoms with van der Waals surface area (Å²) in [5.41, 5.74) is 3.85. The Kier molecular flexibility index (Phi) is 7.16. The Hall–Kier alpha value is -3.79. The Bertz CT molecular complexity index is 1040. The molecule has 2 aromatic carbocycles. The van der Waals surface area contributed by atoms with E-state index >= 15 is 0 Å². The molecule has 7 nitrogen and oxygen atoms in total. The van der Waals surface area contributed by atoms with Gasteiger partial charge in [-0.3, -0.25) is 4.79 Å². The number of hydrogen-bond acceptors (Lipinski definition) is 4. The van der Waals surface area contributed by atoms with E-state index in [9.17, 15) is 14.4 Å². The fraction of sp³-hybridized carbons (Fsp3) is 0.320. The maximum absolute atomic E-state index is 12.2. The first-order chi connectivity index (χ1) is 15.3. The molecule has 0 bridgehead atoms. The zero-order valence-corrected chi connectivity index (χ0v) is 18.1. The van der Waals surface area contributed by atoms with Crippen molar-refractivity contribution >= 4 is 18.0 Å². The van der Waals surface area contributed by atoms with Crippen LogP contribution in [0.15, 0.2) is 48.5 Å². The van der Waals surface area contributed by atoms with Crippen LogP contribution >= 0.6 is 0 Å². The van der Waals surface area contributed by atoms with Crippen molar-refractivity contribution in [2.75, 3.05) is 19.7 Å². The van der Waals surface area contributed by atoms with Gasteiger partial charge in [0, 0.05) is 23.8 Å². The summed E-state index contributed by atoms with van der Waals surface area (Å²) >= 11 is 0. The molecule has 0 fully saturated rings. The Morgan fingerprint density at radius 2 is 1.59 bits per heavy atom. The number of hydrogen-bond donors (Lipinski definition) is 3. The second-order valence-electron chi connectivity index (χ2n) is 8.18. The fourth-order valence-electron chi connectivity index (χ4n) is 3.72. The number of amides is 2. The van der Waals surface area contributed by atoms with Gasteiger partial charge in [-0.25, -0.2) is 9.59 Å². The lowest BCUT2D eigenvalue weighted by Crippen LogP contribution is -2.39. The minimum absolute atomic E-state index is 0.0118. The Morgan fingerprint density at radius 3 is 2.19 bits per heavy atom. The molecule has 32 heavy (non-hydrogen) atoms. The number of carboxylic acid groups (broad SMARTS) is 1. The third-order valence-corrected chi connectivity index (χ3v) is 5.51. The summed E-state index contributed by atoms with van der Waals surface area (Å²) in [5.74, 6) is 2.76. The molecular weight excluding hydrogens is 408 g/mol. The number of nitrogens with one attached hydrogen (secondary N) is 2. The van der Waals surface area contributed by atoms with Crippen LogP contribution in [0, 0.1) is 17.3 Å². The standard InChI is InChI=1S/C25H26N2O5/c1-25(2,23(30)26-14-7-12-22(28)29)13-15-27-24(31)32-16-21-19-10-5-3-8-17(19)18-9-4-6-11-20(18)21/h3-6,8-11,21H,13-16H2,1-2H3,(H,26,30)(H,27,31)(H,28,29). The number of fused-ring (bicyclic) bond motifs is 3. The number of rotatable bonds is 7. The lowest BCUT2D eigenvalue weighted by atomic mass is 9.88. The van der Waals surface area contributed by atoms with Gasteiger partial charge in [-0.05, 0) is 28.7 Å². The first kappa shape index (κ1) is 22.9. The molecule has 0 heterocycles. The van der Waals surface area contributed by atoms with Crippen molar-refractivity contribution in [3.05, 3.63) is 59.7 Å². The predicted octanol–water partition coefficient (Wildman–Crippen LogP) is 3.15. The minimum atomic E-state index is -1.24. The molecule has 0 unspecified atom stereocenters. The molecule has 0 aliphatic heterocycles. The third-order valence-electron chi connectivity index (χ3n) is 5.51. The van der Waals surface area contributed by atoms with Gasteiger partial charge in [0.2, 0.25) is 5.91 Å². The van der Waals surface area contributed by atoms with Gasteiger partial charge in [-0.2, -0.15) is 0 Å². The third kappa shape index (κ3) is 5.46. The summed E-state index contributed by atoms with van der Waals surface area (Å²) in [6, 6.07) is 16.2. The quantitative estimate of drug-likeness (QED) is 0.581. The van der Waals surface area contributed by atoms with Crippen molar-refractivity contribution < 1.29 is 24.2 Å². The summed E-state index contributed by atoms with van der Waals surface area (Å²) in [5, 5.41) is 13.8. The predicted molar refractivity (Wildman–Crippen MR) is 120 cm³/mol. The molecule has 0 saturated heterocycles. The van der Waals surface area contributed by atoms with Crippen LogP contribution in [0.3, 0.4) is 0 Å². The summed E-state index contributed by atoms with van der Waals surface area (Å²) in [6.07, 6.45) is -0.148. The number of benzene rings is 2. The molecule has 0 saturated carbocycles. The zero-order valence-electron chi connectivity index (χ0n) is 18.1. The van der Waals surface area contributed by atoms with E-state index in [1.807, 2.05) is 30.2 Å². The Labute approximate surface area is 187 Å². The number of carboxylic acids is 1. The van der Waals surface area contributed by atoms with Crippen LogP contribution in [0.2, 0.25) is 0 Å². The van der Waals surface area contributed by atoms with Gasteiger partial charge >= 0.3 is 12.1 Å². The summed E-state index contributed by atoms with van der Waals surface area (Å²) in [6.45, 7) is 3.93. The van der Waals surface area contributed by atoms with E-state index in [0.29, 0.717) is 6.42 Å². The maximum Gasteiger partial charge on any atom is 0.407 e. The van der Waals surface area contributed by atoms with Crippen molar-refractivity contribution in [1.29, 1.82) is 0 Å². The highest BCUT2D eigenvalue weighted by molar-refractivity contribution is 5.87. The van der Waals surface area contributed by atoms with Crippen LogP contribution in [-0.4, -0.2) is 42.8 Å². The van der Waals surface area contributed by atoms with Gasteiger partial charge < -0.3 is 20.5 Å². The minimum Gasteiger partial charge on any atom is -0.472 e. The summed E-state index contributed by atoms with van der Waals surface area (Å²) in [7, 11) is 0. The Morgan fingerprint density at radius 1 is 1.00 bits per heavy atom. The molecule has 166 valence electrons. The Balaban J connectivity index is 1.47. The zero-order chi connectivity index (χ0) is 23.1. The van der Waals surface area contributed by atoms with Gasteiger partial charge in [0.05, 0.1) is 6.54 Å². The lowest BCUT2D eigenvalue weighted by molar-refractivity contribution is -0.131. The maximum atomic E-state index is 12.2. The highest BCUT2D eigenvalue weighted by Gasteiger charge is 2.29. The molecule has 2 amide bonds. The normalized spacial score (nSPS) is 12.1. The summed E-state index contributed by atoms with van der Waals surface area (Å²) in [4.78, 5) is 34.9. The van der Waals surface area contributed by atoms with Crippen LogP contribution in [-0.2, 0) is 14.3 Å². The number of carbonyl (C=O) groups is 3. The topological polar surface area (TPSA) is 105 Å². The van der Waals surface area contributed by atoms with Crippen LogP contribution in [0.5, 0.6) is 0 Å². The van der Waals surface area contributed by atoms with E-state index in [1.165, 1.54) is 0 Å². The molecule has 3 N–H and O–H groups in total. The van der Waals surface area contributed by atoms with Crippen LogP contribution < -0.4 is 10.6 Å². The van der Waals surface area contributed by atoms with E-state index in [4.69, 9.17) is 9.84 Å². The fourth-order valence-corrected chi connectivity index (χ4v) is 3.72. The smallest absolute Gasteiger partial charge is 0.407 e. The van der Waals surface area contributed by atoms with Gasteiger partial charge in [-0.15, -0.1) is 0 Å². The number of ether oxygens (including phenoxy) is 1. The van der Waals surface area contributed by atoms with Gasteiger partial charge in [0.25, 0.3) is 0 Å². The van der Waals surface area contributed by atoms with Crippen molar-refractivity contribution in [3.8, 4) is 23.0 Å². The lowest BCUT2D eigenvalue weighted by Gasteiger charge is -2.23. The van der Waals surface area contributed by atoms with Crippen LogP contribution in [0.1, 0.15) is 37.3 Å². The molecule has 0 radical (unpaired) electrons. The number of aliphatic carboxylic acids is 1. The van der Waals surface area contributed by atoms with Gasteiger partial charge in [0.15, 0.2) is 0 Å². The van der Waals surface area contributed by atoms with E-state index in [-0.39, 0.29) is 31.5 Å². The molecule has 0 aromatic heterocycles. The van der Waals surface area contributed by atoms with E-state index < -0.39 is 17.5 Å². The first-order valence-corrected chi connectivity index (χ1v) is 10.4. The second-order valence-corrected chi connectivity index (χ2v) is 8.18. The molecule has 1 aliphatic carbocycles. The molecular formula is C25H26N2O5. The summed E-state index contributed by atoms with van der Waals surface area (Å²) < 4.78 is 5.49. The molecule has 2 aromatic rings. The first-order valence-electron chi connectivity index (χ1n) is 10.4. The highest BCUT2D eigenvalue weighted by atomic mass is 16.5. The molecule has 0 spiro atoms. The second kappa shape index (κ2) is 10.0. The number of carbonyl (C=O) groups excluding carboxylic acids is 2. The molecule has 3 rings (SSSR count). The largest absolute Gasteiger partial charge is 0.472 e. The van der Waals surface area contributed by atoms with Gasteiger partial charge in [0.1, 0.15) is 6.61 Å².